The largest absolute Gasteiger partial charge is 0.508 e. The van der Waals surface area contributed by atoms with Gasteiger partial charge in [0, 0.05) is 51.8 Å². The topological polar surface area (TPSA) is 139 Å². The van der Waals surface area contributed by atoms with E-state index in [0.717, 1.165) is 21.2 Å². The second kappa shape index (κ2) is 11.2. The molecule has 0 aliphatic carbocycles. The number of anilines is 2. The number of rotatable bonds is 4. The Balaban J connectivity index is 0.000000176. The Morgan fingerprint density at radius 3 is 1.23 bits per heavy atom. The monoisotopic (exact) mass is 610 g/mol. The minimum Gasteiger partial charge on any atom is -0.508 e. The Morgan fingerprint density at radius 2 is 0.897 bits per heavy atom. The maximum atomic E-state index is 11.8. The van der Waals surface area contributed by atoms with E-state index in [1.807, 2.05) is 48.5 Å². The molecule has 194 valence electrons. The van der Waals surface area contributed by atoms with E-state index in [2.05, 4.69) is 10.6 Å². The first kappa shape index (κ1) is 28.4. The maximum absolute atomic E-state index is 11.8. The third-order valence-electron chi connectivity index (χ3n) is 6.09. The number of carboxylic acids is 2. The second-order valence-corrected chi connectivity index (χ2v) is 11.0. The van der Waals surface area contributed by atoms with E-state index in [1.54, 1.807) is 36.4 Å². The number of hydrogen-bond donors (Lipinski definition) is 6. The number of aromatic hydroxyl groups is 2. The van der Waals surface area contributed by atoms with Crippen LogP contribution in [0.3, 0.4) is 0 Å². The minimum absolute atomic E-state index is 0. The molecule has 0 bridgehead atoms. The molecule has 0 saturated carbocycles. The number of fused-ring (bicyclic) bond motifs is 2. The summed E-state index contributed by atoms with van der Waals surface area (Å²) in [5, 5.41) is 45.1. The predicted octanol–water partition coefficient (Wildman–Crippen LogP) is 5.69. The van der Waals surface area contributed by atoms with Crippen molar-refractivity contribution in [2.75, 3.05) is 10.6 Å². The van der Waals surface area contributed by atoms with Gasteiger partial charge in [-0.3, -0.25) is 0 Å². The average molecular weight is 612 g/mol. The quantitative estimate of drug-likeness (QED) is 0.160. The molecule has 0 amide bonds. The zero-order chi connectivity index (χ0) is 26.9. The van der Waals surface area contributed by atoms with Crippen molar-refractivity contribution in [1.82, 2.24) is 0 Å². The molecule has 6 N–H and O–H groups in total. The molecule has 4 aromatic rings. The van der Waals surface area contributed by atoms with Gasteiger partial charge in [-0.15, -0.1) is 0 Å². The first-order valence-electron chi connectivity index (χ1n) is 11.4. The summed E-state index contributed by atoms with van der Waals surface area (Å²) in [5.74, 6) is -2.12. The van der Waals surface area contributed by atoms with Crippen molar-refractivity contribution in [3.05, 3.63) is 108 Å². The van der Waals surface area contributed by atoms with Gasteiger partial charge in [-0.05, 0) is 36.4 Å². The summed E-state index contributed by atoms with van der Waals surface area (Å²) in [7, 11) is 0. The summed E-state index contributed by atoms with van der Waals surface area (Å²) in [5.41, 5.74) is 2.23. The van der Waals surface area contributed by atoms with Crippen molar-refractivity contribution in [3.63, 3.8) is 0 Å². The number of benzene rings is 4. The van der Waals surface area contributed by atoms with Gasteiger partial charge in [0.1, 0.15) is 11.5 Å². The fourth-order valence-electron chi connectivity index (χ4n) is 4.29. The maximum Gasteiger partial charge on any atom is 0.345 e. The standard InChI is InChI=1S/2C14H11NO3S.Zn/c2*16-11-7-3-1-5-9(11)14(13(17)18)15-10-6-2-4-8-12(10)19-14;/h2*1-8,15-16H,(H,17,18);. The fourth-order valence-corrected chi connectivity index (χ4v) is 6.76. The Hall–Kier alpha value is -3.66. The first-order valence-corrected chi connectivity index (χ1v) is 13.1. The Labute approximate surface area is 245 Å². The molecule has 4 aromatic carbocycles. The van der Waals surface area contributed by atoms with Crippen LogP contribution in [0.5, 0.6) is 11.5 Å². The van der Waals surface area contributed by atoms with Crippen LogP contribution in [0.4, 0.5) is 11.4 Å². The van der Waals surface area contributed by atoms with Gasteiger partial charge in [0.15, 0.2) is 0 Å². The van der Waals surface area contributed by atoms with Gasteiger partial charge < -0.3 is 31.1 Å². The average Bonchev–Trinajstić information content (AvgIpc) is 3.50. The molecule has 2 aliphatic heterocycles. The molecule has 0 saturated heterocycles. The molecule has 2 aliphatic rings. The number of phenolic OH excluding ortho intramolecular Hbond substituents is 2. The van der Waals surface area contributed by atoms with Crippen molar-refractivity contribution >= 4 is 46.8 Å². The van der Waals surface area contributed by atoms with E-state index >= 15 is 0 Å². The first-order chi connectivity index (χ1) is 18.3. The summed E-state index contributed by atoms with van der Waals surface area (Å²) in [6.07, 6.45) is 0. The summed E-state index contributed by atoms with van der Waals surface area (Å²) in [4.78, 5) is 22.5. The van der Waals surface area contributed by atoms with Gasteiger partial charge >= 0.3 is 11.9 Å². The van der Waals surface area contributed by atoms with Crippen molar-refractivity contribution < 1.29 is 49.5 Å². The van der Waals surface area contributed by atoms with Crippen molar-refractivity contribution in [1.29, 1.82) is 0 Å². The molecular weight excluding hydrogens is 590 g/mol. The molecule has 11 heteroatoms. The van der Waals surface area contributed by atoms with Crippen molar-refractivity contribution in [2.45, 2.75) is 19.5 Å². The van der Waals surface area contributed by atoms with E-state index in [4.69, 9.17) is 0 Å². The molecule has 39 heavy (non-hydrogen) atoms. The number of nitrogens with one attached hydrogen (secondary N) is 2. The number of para-hydroxylation sites is 4. The molecule has 2 heterocycles. The molecule has 2 unspecified atom stereocenters. The van der Waals surface area contributed by atoms with Crippen LogP contribution in [-0.4, -0.2) is 32.4 Å². The van der Waals surface area contributed by atoms with Crippen LogP contribution < -0.4 is 10.6 Å². The number of carboxylic acid groups (broad SMARTS) is 2. The Kier molecular flexibility index (Phi) is 8.16. The summed E-state index contributed by atoms with van der Waals surface area (Å²) in [6, 6.07) is 27.8. The minimum atomic E-state index is -1.38. The van der Waals surface area contributed by atoms with Crippen LogP contribution in [-0.2, 0) is 38.8 Å². The number of thioether (sulfide) groups is 2. The number of carbonyl (C=O) groups is 2. The van der Waals surface area contributed by atoms with Crippen LogP contribution in [0.2, 0.25) is 0 Å². The molecule has 0 aromatic heterocycles. The molecule has 2 atom stereocenters. The normalized spacial score (nSPS) is 20.1. The van der Waals surface area contributed by atoms with Gasteiger partial charge in [0.2, 0.25) is 9.74 Å². The predicted molar refractivity (Wildman–Crippen MR) is 147 cm³/mol. The molecule has 6 rings (SSSR count). The zero-order valence-corrected chi connectivity index (χ0v) is 25.0. The summed E-state index contributed by atoms with van der Waals surface area (Å²) >= 11 is 2.38. The van der Waals surface area contributed by atoms with Crippen LogP contribution in [0.1, 0.15) is 11.1 Å². The number of aliphatic carboxylic acids is 2. The second-order valence-electron chi connectivity index (χ2n) is 8.45. The van der Waals surface area contributed by atoms with Gasteiger partial charge in [-0.25, -0.2) is 9.59 Å². The molecular formula is C28H22N2O6S2Zn. The van der Waals surface area contributed by atoms with Crippen LogP contribution in [0.25, 0.3) is 0 Å². The third kappa shape index (κ3) is 5.05. The molecule has 0 spiro atoms. The van der Waals surface area contributed by atoms with Crippen molar-refractivity contribution in [3.8, 4) is 11.5 Å². The van der Waals surface area contributed by atoms with Crippen LogP contribution in [0.15, 0.2) is 107 Å². The van der Waals surface area contributed by atoms with Gasteiger partial charge in [-0.2, -0.15) is 0 Å². The SMILES string of the molecule is O=C(O)C1(c2ccccc2O)Nc2ccccc2S1.O=C(O)C1(c2ccccc2O)Nc2ccccc2S1.[Zn]. The van der Waals surface area contributed by atoms with Crippen molar-refractivity contribution in [2.24, 2.45) is 0 Å². The number of phenols is 2. The Bertz CT molecular complexity index is 1380. The van der Waals surface area contributed by atoms with Gasteiger partial charge in [-0.1, -0.05) is 84.2 Å². The van der Waals surface area contributed by atoms with E-state index in [0.29, 0.717) is 11.1 Å². The van der Waals surface area contributed by atoms with E-state index in [-0.39, 0.29) is 31.0 Å². The summed E-state index contributed by atoms with van der Waals surface area (Å²) < 4.78 is 0. The van der Waals surface area contributed by atoms with Gasteiger partial charge in [0.25, 0.3) is 0 Å². The zero-order valence-electron chi connectivity index (χ0n) is 20.4. The van der Waals surface area contributed by atoms with E-state index in [1.165, 1.54) is 35.7 Å². The third-order valence-corrected chi connectivity index (χ3v) is 8.85. The van der Waals surface area contributed by atoms with E-state index < -0.39 is 21.7 Å². The molecule has 8 nitrogen and oxygen atoms in total. The van der Waals surface area contributed by atoms with Crippen LogP contribution >= 0.6 is 23.5 Å². The summed E-state index contributed by atoms with van der Waals surface area (Å²) in [6.45, 7) is 0. The fraction of sp³-hybridized carbons (Fsp3) is 0.0714. The molecule has 0 fully saturated rings. The Morgan fingerprint density at radius 1 is 0.564 bits per heavy atom. The smallest absolute Gasteiger partial charge is 0.345 e. The molecule has 0 radical (unpaired) electrons. The van der Waals surface area contributed by atoms with Gasteiger partial charge in [0.05, 0.1) is 0 Å². The van der Waals surface area contributed by atoms with E-state index in [9.17, 15) is 30.0 Å². The van der Waals surface area contributed by atoms with Crippen LogP contribution in [0, 0.1) is 0 Å². The number of hydrogen-bond acceptors (Lipinski definition) is 8.